The van der Waals surface area contributed by atoms with Crippen molar-refractivity contribution in [3.63, 3.8) is 0 Å². The van der Waals surface area contributed by atoms with Crippen LogP contribution in [0.15, 0.2) is 12.3 Å². The van der Waals surface area contributed by atoms with E-state index in [0.717, 1.165) is 0 Å². The van der Waals surface area contributed by atoms with Gasteiger partial charge in [-0.2, -0.15) is 0 Å². The maximum atomic E-state index is 11.0. The van der Waals surface area contributed by atoms with Crippen LogP contribution in [-0.2, 0) is 23.9 Å². The van der Waals surface area contributed by atoms with Gasteiger partial charge in [0, 0.05) is 33.0 Å². The molecule has 134 valence electrons. The van der Waals surface area contributed by atoms with Crippen molar-refractivity contribution in [2.75, 3.05) is 33.9 Å². The molecule has 0 aromatic carbocycles. The molecule has 0 fully saturated rings. The lowest BCUT2D eigenvalue weighted by Gasteiger charge is -2.18. The number of carbonyl (C=O) groups is 3. The van der Waals surface area contributed by atoms with E-state index in [2.05, 4.69) is 19.2 Å². The SMILES string of the molecule is CCC.CNC(=O)/C=C\N(C=O)CCC(COC(=O)CN)OC. The van der Waals surface area contributed by atoms with Crippen molar-refractivity contribution in [1.82, 2.24) is 10.2 Å². The summed E-state index contributed by atoms with van der Waals surface area (Å²) >= 11 is 0. The zero-order chi connectivity index (χ0) is 18.1. The van der Waals surface area contributed by atoms with Gasteiger partial charge in [-0.25, -0.2) is 0 Å². The molecule has 0 saturated heterocycles. The third-order valence-electron chi connectivity index (χ3n) is 2.44. The van der Waals surface area contributed by atoms with Crippen LogP contribution in [0.1, 0.15) is 26.7 Å². The zero-order valence-corrected chi connectivity index (χ0v) is 14.4. The summed E-state index contributed by atoms with van der Waals surface area (Å²) in [5.74, 6) is -0.823. The van der Waals surface area contributed by atoms with Gasteiger partial charge in [0.15, 0.2) is 0 Å². The molecule has 0 saturated carbocycles. The molecule has 0 radical (unpaired) electrons. The van der Waals surface area contributed by atoms with Crippen LogP contribution in [0.4, 0.5) is 0 Å². The third-order valence-corrected chi connectivity index (χ3v) is 2.44. The quantitative estimate of drug-likeness (QED) is 0.332. The number of nitrogens with one attached hydrogen (secondary N) is 1. The molecular weight excluding hydrogens is 302 g/mol. The summed E-state index contributed by atoms with van der Waals surface area (Å²) in [7, 11) is 2.97. The Bertz CT molecular complexity index is 361. The number of rotatable bonds is 10. The fourth-order valence-electron chi connectivity index (χ4n) is 1.22. The fraction of sp³-hybridized carbons (Fsp3) is 0.667. The number of likely N-dealkylation sites (N-methyl/N-ethyl adjacent to an activating group) is 1. The lowest BCUT2D eigenvalue weighted by molar-refractivity contribution is -0.145. The minimum Gasteiger partial charge on any atom is -0.462 e. The summed E-state index contributed by atoms with van der Waals surface area (Å²) < 4.78 is 9.97. The maximum Gasteiger partial charge on any atom is 0.319 e. The molecule has 0 bridgehead atoms. The van der Waals surface area contributed by atoms with Gasteiger partial charge in [0.1, 0.15) is 6.61 Å². The maximum absolute atomic E-state index is 11.0. The highest BCUT2D eigenvalue weighted by Gasteiger charge is 2.11. The van der Waals surface area contributed by atoms with Crippen molar-refractivity contribution >= 4 is 18.3 Å². The van der Waals surface area contributed by atoms with Crippen molar-refractivity contribution < 1.29 is 23.9 Å². The number of nitrogens with two attached hydrogens (primary N) is 1. The Balaban J connectivity index is 0. The molecule has 1 atom stereocenters. The molecule has 23 heavy (non-hydrogen) atoms. The zero-order valence-electron chi connectivity index (χ0n) is 14.4. The van der Waals surface area contributed by atoms with Crippen molar-refractivity contribution in [1.29, 1.82) is 0 Å². The van der Waals surface area contributed by atoms with Gasteiger partial charge in [-0.1, -0.05) is 20.3 Å². The molecular formula is C15H29N3O5. The van der Waals surface area contributed by atoms with Gasteiger partial charge in [0.25, 0.3) is 0 Å². The lowest BCUT2D eigenvalue weighted by atomic mass is 10.2. The number of carbonyl (C=O) groups excluding carboxylic acids is 3. The van der Waals surface area contributed by atoms with Gasteiger partial charge in [-0.15, -0.1) is 0 Å². The average Bonchev–Trinajstić information content (AvgIpc) is 2.57. The van der Waals surface area contributed by atoms with Crippen LogP contribution in [0.2, 0.25) is 0 Å². The van der Waals surface area contributed by atoms with Gasteiger partial charge in [-0.3, -0.25) is 14.4 Å². The van der Waals surface area contributed by atoms with Crippen molar-refractivity contribution in [3.05, 3.63) is 12.3 Å². The largest absolute Gasteiger partial charge is 0.462 e. The summed E-state index contributed by atoms with van der Waals surface area (Å²) in [4.78, 5) is 34.0. The van der Waals surface area contributed by atoms with Crippen LogP contribution in [0.3, 0.4) is 0 Å². The van der Waals surface area contributed by atoms with Gasteiger partial charge >= 0.3 is 5.97 Å². The second-order valence-electron chi connectivity index (χ2n) is 4.51. The Morgan fingerprint density at radius 2 is 1.96 bits per heavy atom. The Kier molecular flexibility index (Phi) is 16.7. The number of hydrogen-bond donors (Lipinski definition) is 2. The molecule has 0 aliphatic heterocycles. The van der Waals surface area contributed by atoms with Gasteiger partial charge in [0.2, 0.25) is 12.3 Å². The summed E-state index contributed by atoms with van der Waals surface area (Å²) in [5, 5.41) is 2.40. The van der Waals surface area contributed by atoms with Gasteiger partial charge in [-0.05, 0) is 6.42 Å². The van der Waals surface area contributed by atoms with Crippen LogP contribution in [-0.4, -0.2) is 63.1 Å². The molecule has 3 N–H and O–H groups in total. The Morgan fingerprint density at radius 3 is 2.39 bits per heavy atom. The van der Waals surface area contributed by atoms with Crippen molar-refractivity contribution in [2.45, 2.75) is 32.8 Å². The van der Waals surface area contributed by atoms with E-state index in [9.17, 15) is 14.4 Å². The summed E-state index contributed by atoms with van der Waals surface area (Å²) in [6.07, 6.45) is 4.56. The predicted octanol–water partition coefficient (Wildman–Crippen LogP) is 0.0278. The van der Waals surface area contributed by atoms with E-state index >= 15 is 0 Å². The molecule has 0 heterocycles. The van der Waals surface area contributed by atoms with E-state index < -0.39 is 5.97 Å². The van der Waals surface area contributed by atoms with Crippen molar-refractivity contribution in [2.24, 2.45) is 5.73 Å². The molecule has 1 unspecified atom stereocenters. The molecule has 0 aromatic rings. The first-order valence-corrected chi connectivity index (χ1v) is 7.48. The lowest BCUT2D eigenvalue weighted by Crippen LogP contribution is -2.28. The normalized spacial score (nSPS) is 11.2. The Labute approximate surface area is 138 Å². The molecule has 2 amide bonds. The number of ether oxygens (including phenoxy) is 2. The molecule has 8 nitrogen and oxygen atoms in total. The molecule has 0 aromatic heterocycles. The highest BCUT2D eigenvalue weighted by atomic mass is 16.6. The molecule has 0 rings (SSSR count). The van der Waals surface area contributed by atoms with E-state index in [0.29, 0.717) is 19.4 Å². The summed E-state index contributed by atoms with van der Waals surface area (Å²) in [5.41, 5.74) is 5.11. The number of hydrogen-bond acceptors (Lipinski definition) is 6. The fourth-order valence-corrected chi connectivity index (χ4v) is 1.22. The molecule has 0 aliphatic rings. The standard InChI is InChI=1S/C12H21N3O5.C3H8/c1-14-11(17)4-6-15(9-16)5-3-10(19-2)8-20-12(18)7-13;1-3-2/h4,6,9-10H,3,5,7-8,13H2,1-2H3,(H,14,17);3H2,1-2H3/b6-4-;. The highest BCUT2D eigenvalue weighted by Crippen LogP contribution is 2.01. The van der Waals surface area contributed by atoms with E-state index in [1.165, 1.54) is 37.8 Å². The highest BCUT2D eigenvalue weighted by molar-refractivity contribution is 5.87. The predicted molar refractivity (Wildman–Crippen MR) is 87.4 cm³/mol. The van der Waals surface area contributed by atoms with Gasteiger partial charge in [0.05, 0.1) is 12.6 Å². The minimum absolute atomic E-state index is 0.0678. The minimum atomic E-state index is -0.515. The van der Waals surface area contributed by atoms with E-state index in [1.807, 2.05) is 0 Å². The monoisotopic (exact) mass is 331 g/mol. The first-order valence-electron chi connectivity index (χ1n) is 7.48. The number of methoxy groups -OCH3 is 1. The van der Waals surface area contributed by atoms with Crippen molar-refractivity contribution in [3.8, 4) is 0 Å². The van der Waals surface area contributed by atoms with Crippen LogP contribution in [0, 0.1) is 0 Å². The second kappa shape index (κ2) is 16.4. The Hall–Kier alpha value is -1.93. The third kappa shape index (κ3) is 14.8. The smallest absolute Gasteiger partial charge is 0.319 e. The topological polar surface area (TPSA) is 111 Å². The van der Waals surface area contributed by atoms with Crippen LogP contribution in [0.5, 0.6) is 0 Å². The van der Waals surface area contributed by atoms with E-state index in [-0.39, 0.29) is 25.2 Å². The molecule has 8 heteroatoms. The van der Waals surface area contributed by atoms with E-state index in [1.54, 1.807) is 0 Å². The number of esters is 1. The average molecular weight is 331 g/mol. The van der Waals surface area contributed by atoms with Crippen LogP contribution >= 0.6 is 0 Å². The number of amides is 2. The number of nitrogens with zero attached hydrogens (tertiary/aromatic N) is 1. The first kappa shape index (κ1) is 23.3. The second-order valence-corrected chi connectivity index (χ2v) is 4.51. The van der Waals surface area contributed by atoms with E-state index in [4.69, 9.17) is 15.2 Å². The summed E-state index contributed by atoms with van der Waals surface area (Å²) in [6.45, 7) is 4.46. The van der Waals surface area contributed by atoms with Crippen LogP contribution < -0.4 is 11.1 Å². The summed E-state index contributed by atoms with van der Waals surface area (Å²) in [6, 6.07) is 0. The molecule has 0 aliphatic carbocycles. The van der Waals surface area contributed by atoms with Crippen LogP contribution in [0.25, 0.3) is 0 Å². The first-order chi connectivity index (χ1) is 11.0. The van der Waals surface area contributed by atoms with Gasteiger partial charge < -0.3 is 25.4 Å². The molecule has 0 spiro atoms. The Morgan fingerprint density at radius 1 is 1.35 bits per heavy atom.